The van der Waals surface area contributed by atoms with E-state index in [1.807, 2.05) is 77.5 Å². The van der Waals surface area contributed by atoms with E-state index < -0.39 is 0 Å². The van der Waals surface area contributed by atoms with Crippen LogP contribution in [0.4, 0.5) is 0 Å². The number of nitrogens with zero attached hydrogens (tertiary/aromatic N) is 3. The fourth-order valence-electron chi connectivity index (χ4n) is 3.63. The smallest absolute Gasteiger partial charge is 0.274 e. The van der Waals surface area contributed by atoms with Gasteiger partial charge in [-0.1, -0.05) is 65.8 Å². The van der Waals surface area contributed by atoms with Crippen molar-refractivity contribution < 1.29 is 9.32 Å². The van der Waals surface area contributed by atoms with Gasteiger partial charge in [0.2, 0.25) is 0 Å². The molecule has 2 heterocycles. The fraction of sp³-hybridized carbons (Fsp3) is 0.0870. The summed E-state index contributed by atoms with van der Waals surface area (Å²) in [5.41, 5.74) is 2.01. The van der Waals surface area contributed by atoms with Gasteiger partial charge >= 0.3 is 0 Å². The average Bonchev–Trinajstić information content (AvgIpc) is 3.45. The van der Waals surface area contributed by atoms with Crippen LogP contribution in [-0.2, 0) is 0 Å². The van der Waals surface area contributed by atoms with Gasteiger partial charge in [0.1, 0.15) is 0 Å². The SMILES string of the molecule is O=C(NCC(c1ccccc1)n1ccnc1)c1noc2c1ccc1ccccc12. The Balaban J connectivity index is 1.43. The molecule has 142 valence electrons. The van der Waals surface area contributed by atoms with E-state index in [4.69, 9.17) is 4.52 Å². The third kappa shape index (κ3) is 3.14. The first-order valence-electron chi connectivity index (χ1n) is 9.39. The van der Waals surface area contributed by atoms with E-state index in [2.05, 4.69) is 15.5 Å². The minimum absolute atomic E-state index is 0.0679. The molecule has 5 rings (SSSR count). The molecule has 0 saturated heterocycles. The van der Waals surface area contributed by atoms with Crippen molar-refractivity contribution in [1.29, 1.82) is 0 Å². The topological polar surface area (TPSA) is 73.0 Å². The van der Waals surface area contributed by atoms with Crippen molar-refractivity contribution in [2.24, 2.45) is 0 Å². The van der Waals surface area contributed by atoms with Crippen LogP contribution in [0.1, 0.15) is 22.1 Å². The van der Waals surface area contributed by atoms with E-state index in [0.717, 1.165) is 16.3 Å². The molecule has 0 aliphatic carbocycles. The molecule has 6 heteroatoms. The number of benzene rings is 3. The predicted octanol–water partition coefficient (Wildman–Crippen LogP) is 4.20. The van der Waals surface area contributed by atoms with Gasteiger partial charge in [-0.3, -0.25) is 4.79 Å². The number of imidazole rings is 1. The Labute approximate surface area is 166 Å². The number of carbonyl (C=O) groups is 1. The Hall–Kier alpha value is -3.93. The maximum absolute atomic E-state index is 12.9. The quantitative estimate of drug-likeness (QED) is 0.494. The van der Waals surface area contributed by atoms with Crippen LogP contribution in [0.15, 0.2) is 90.0 Å². The zero-order chi connectivity index (χ0) is 19.6. The molecule has 0 bridgehead atoms. The van der Waals surface area contributed by atoms with Crippen molar-refractivity contribution in [3.63, 3.8) is 0 Å². The monoisotopic (exact) mass is 382 g/mol. The first-order chi connectivity index (χ1) is 14.3. The van der Waals surface area contributed by atoms with E-state index in [-0.39, 0.29) is 11.9 Å². The van der Waals surface area contributed by atoms with Crippen molar-refractivity contribution in [3.8, 4) is 0 Å². The Morgan fingerprint density at radius 1 is 1.00 bits per heavy atom. The van der Waals surface area contributed by atoms with Gasteiger partial charge < -0.3 is 14.4 Å². The third-order valence-corrected chi connectivity index (χ3v) is 5.10. The minimum atomic E-state index is -0.264. The Bertz CT molecular complexity index is 1280. The lowest BCUT2D eigenvalue weighted by molar-refractivity contribution is 0.0942. The van der Waals surface area contributed by atoms with E-state index >= 15 is 0 Å². The third-order valence-electron chi connectivity index (χ3n) is 5.10. The summed E-state index contributed by atoms with van der Waals surface area (Å²) in [7, 11) is 0. The summed E-state index contributed by atoms with van der Waals surface area (Å²) in [6.07, 6.45) is 5.37. The van der Waals surface area contributed by atoms with Crippen molar-refractivity contribution >= 4 is 27.6 Å². The molecule has 0 fully saturated rings. The van der Waals surface area contributed by atoms with Crippen molar-refractivity contribution in [1.82, 2.24) is 20.0 Å². The summed E-state index contributed by atoms with van der Waals surface area (Å²) < 4.78 is 7.50. The number of nitrogens with one attached hydrogen (secondary N) is 1. The molecule has 0 saturated carbocycles. The summed E-state index contributed by atoms with van der Waals surface area (Å²) in [6, 6.07) is 21.7. The number of aromatic nitrogens is 3. The molecule has 5 aromatic rings. The molecule has 2 aromatic heterocycles. The second-order valence-electron chi connectivity index (χ2n) is 6.84. The lowest BCUT2D eigenvalue weighted by Gasteiger charge is -2.19. The highest BCUT2D eigenvalue weighted by Crippen LogP contribution is 2.27. The zero-order valence-corrected chi connectivity index (χ0v) is 15.5. The van der Waals surface area contributed by atoms with Gasteiger partial charge in [-0.05, 0) is 17.0 Å². The second kappa shape index (κ2) is 7.24. The summed E-state index contributed by atoms with van der Waals surface area (Å²) >= 11 is 0. The summed E-state index contributed by atoms with van der Waals surface area (Å²) in [5, 5.41) is 9.75. The second-order valence-corrected chi connectivity index (χ2v) is 6.84. The number of fused-ring (bicyclic) bond motifs is 3. The van der Waals surface area contributed by atoms with Gasteiger partial charge in [0.05, 0.1) is 17.8 Å². The molecule has 1 unspecified atom stereocenters. The van der Waals surface area contributed by atoms with Crippen LogP contribution in [-0.4, -0.2) is 27.2 Å². The van der Waals surface area contributed by atoms with Crippen LogP contribution >= 0.6 is 0 Å². The van der Waals surface area contributed by atoms with Gasteiger partial charge in [0, 0.05) is 24.3 Å². The number of carbonyl (C=O) groups excluding carboxylic acids is 1. The minimum Gasteiger partial charge on any atom is -0.355 e. The van der Waals surface area contributed by atoms with E-state index in [1.54, 1.807) is 12.5 Å². The van der Waals surface area contributed by atoms with Gasteiger partial charge in [-0.2, -0.15) is 0 Å². The Kier molecular flexibility index (Phi) is 4.29. The molecule has 0 radical (unpaired) electrons. The zero-order valence-electron chi connectivity index (χ0n) is 15.5. The first-order valence-corrected chi connectivity index (χ1v) is 9.39. The molecular weight excluding hydrogens is 364 g/mol. The van der Waals surface area contributed by atoms with Crippen molar-refractivity contribution in [2.75, 3.05) is 6.54 Å². The Morgan fingerprint density at radius 2 is 1.83 bits per heavy atom. The molecule has 0 aliphatic rings. The molecule has 29 heavy (non-hydrogen) atoms. The van der Waals surface area contributed by atoms with Gasteiger partial charge in [0.25, 0.3) is 5.91 Å². The fourth-order valence-corrected chi connectivity index (χ4v) is 3.63. The number of amides is 1. The number of rotatable bonds is 5. The van der Waals surface area contributed by atoms with Crippen LogP contribution in [0.2, 0.25) is 0 Å². The first kappa shape index (κ1) is 17.2. The Morgan fingerprint density at radius 3 is 2.66 bits per heavy atom. The van der Waals surface area contributed by atoms with E-state index in [1.165, 1.54) is 0 Å². The summed E-state index contributed by atoms with van der Waals surface area (Å²) in [5.74, 6) is -0.264. The van der Waals surface area contributed by atoms with Crippen LogP contribution in [0.5, 0.6) is 0 Å². The van der Waals surface area contributed by atoms with E-state index in [9.17, 15) is 4.79 Å². The van der Waals surface area contributed by atoms with Crippen molar-refractivity contribution in [2.45, 2.75) is 6.04 Å². The molecule has 1 amide bonds. The lowest BCUT2D eigenvalue weighted by atomic mass is 10.1. The standard InChI is InChI=1S/C23H18N4O2/c28-23(21-19-11-10-16-6-4-5-9-18(16)22(19)29-26-21)25-14-20(27-13-12-24-15-27)17-7-2-1-3-8-17/h1-13,15,20H,14H2,(H,25,28). The normalized spacial score (nSPS) is 12.3. The lowest BCUT2D eigenvalue weighted by Crippen LogP contribution is -2.31. The highest BCUT2D eigenvalue weighted by atomic mass is 16.5. The van der Waals surface area contributed by atoms with Gasteiger partial charge in [-0.25, -0.2) is 4.98 Å². The van der Waals surface area contributed by atoms with E-state index in [0.29, 0.717) is 23.2 Å². The average molecular weight is 382 g/mol. The van der Waals surface area contributed by atoms with Gasteiger partial charge in [0.15, 0.2) is 11.3 Å². The maximum atomic E-state index is 12.9. The highest BCUT2D eigenvalue weighted by Gasteiger charge is 2.20. The molecule has 1 atom stereocenters. The molecular formula is C23H18N4O2. The number of hydrogen-bond donors (Lipinski definition) is 1. The molecule has 0 aliphatic heterocycles. The highest BCUT2D eigenvalue weighted by molar-refractivity contribution is 6.11. The summed E-state index contributed by atoms with van der Waals surface area (Å²) in [4.78, 5) is 17.0. The number of hydrogen-bond acceptors (Lipinski definition) is 4. The maximum Gasteiger partial charge on any atom is 0.274 e. The van der Waals surface area contributed by atoms with Crippen LogP contribution < -0.4 is 5.32 Å². The van der Waals surface area contributed by atoms with Gasteiger partial charge in [-0.15, -0.1) is 0 Å². The molecule has 3 aromatic carbocycles. The summed E-state index contributed by atoms with van der Waals surface area (Å²) in [6.45, 7) is 0.404. The molecule has 0 spiro atoms. The predicted molar refractivity (Wildman–Crippen MR) is 111 cm³/mol. The van der Waals surface area contributed by atoms with Crippen LogP contribution in [0.3, 0.4) is 0 Å². The van der Waals surface area contributed by atoms with Crippen molar-refractivity contribution in [3.05, 3.63) is 96.7 Å². The van der Waals surface area contributed by atoms with Crippen LogP contribution in [0, 0.1) is 0 Å². The molecule has 6 nitrogen and oxygen atoms in total. The molecule has 1 N–H and O–H groups in total. The largest absolute Gasteiger partial charge is 0.355 e. The van der Waals surface area contributed by atoms with Crippen LogP contribution in [0.25, 0.3) is 21.7 Å².